The number of carbonyl (C=O) groups excluding carboxylic acids is 1. The summed E-state index contributed by atoms with van der Waals surface area (Å²) in [5.41, 5.74) is 3.47. The molecule has 0 unspecified atom stereocenters. The first-order valence-electron chi connectivity index (χ1n) is 10.9. The Morgan fingerprint density at radius 2 is 1.85 bits per heavy atom. The maximum absolute atomic E-state index is 12.6. The van der Waals surface area contributed by atoms with Crippen molar-refractivity contribution in [3.05, 3.63) is 96.0 Å². The molecule has 34 heavy (non-hydrogen) atoms. The van der Waals surface area contributed by atoms with E-state index >= 15 is 0 Å². The van der Waals surface area contributed by atoms with Crippen LogP contribution in [0, 0.1) is 0 Å². The van der Waals surface area contributed by atoms with Crippen molar-refractivity contribution in [1.29, 1.82) is 0 Å². The number of esters is 1. The third-order valence-electron chi connectivity index (χ3n) is 5.32. The zero-order chi connectivity index (χ0) is 23.3. The molecule has 0 atom stereocenters. The first kappa shape index (κ1) is 21.9. The number of thioether (sulfide) groups is 1. The minimum Gasteiger partial charge on any atom is -0.460 e. The van der Waals surface area contributed by atoms with Gasteiger partial charge in [0.1, 0.15) is 5.58 Å². The third-order valence-corrected chi connectivity index (χ3v) is 6.32. The zero-order valence-electron chi connectivity index (χ0n) is 18.5. The second-order valence-corrected chi connectivity index (χ2v) is 8.48. The Balaban J connectivity index is 1.51. The number of rotatable bonds is 8. The van der Waals surface area contributed by atoms with Gasteiger partial charge in [0.2, 0.25) is 5.76 Å². The highest BCUT2D eigenvalue weighted by Crippen LogP contribution is 2.33. The van der Waals surface area contributed by atoms with Gasteiger partial charge in [0, 0.05) is 34.7 Å². The molecule has 8 heteroatoms. The number of ether oxygens (including phenoxy) is 1. The van der Waals surface area contributed by atoms with Crippen LogP contribution in [-0.2, 0) is 17.0 Å². The summed E-state index contributed by atoms with van der Waals surface area (Å²) in [6.07, 6.45) is 3.51. The molecule has 0 spiro atoms. The van der Waals surface area contributed by atoms with Crippen molar-refractivity contribution in [1.82, 2.24) is 19.7 Å². The molecule has 0 bridgehead atoms. The number of hydrogen-bond acceptors (Lipinski definition) is 7. The quantitative estimate of drug-likeness (QED) is 0.215. The lowest BCUT2D eigenvalue weighted by molar-refractivity contribution is 0.0491. The largest absolute Gasteiger partial charge is 0.460 e. The fraction of sp³-hybridized carbons (Fsp3) is 0.154. The smallest absolute Gasteiger partial charge is 0.374 e. The van der Waals surface area contributed by atoms with Crippen molar-refractivity contribution < 1.29 is 13.9 Å². The van der Waals surface area contributed by atoms with E-state index in [2.05, 4.69) is 31.9 Å². The second-order valence-electron chi connectivity index (χ2n) is 7.53. The van der Waals surface area contributed by atoms with Crippen LogP contribution in [0.5, 0.6) is 0 Å². The Labute approximate surface area is 200 Å². The van der Waals surface area contributed by atoms with Crippen molar-refractivity contribution in [2.75, 3.05) is 6.61 Å². The molecule has 2 aromatic carbocycles. The number of hydrogen-bond donors (Lipinski definition) is 0. The van der Waals surface area contributed by atoms with E-state index in [1.54, 1.807) is 19.3 Å². The number of carbonyl (C=O) groups is 1. The summed E-state index contributed by atoms with van der Waals surface area (Å²) in [5, 5.41) is 10.6. The summed E-state index contributed by atoms with van der Waals surface area (Å²) in [6.45, 7) is 2.67. The molecule has 0 saturated carbocycles. The summed E-state index contributed by atoms with van der Waals surface area (Å²) in [5.74, 6) is 0.987. The second kappa shape index (κ2) is 9.93. The Morgan fingerprint density at radius 1 is 1.03 bits per heavy atom. The summed E-state index contributed by atoms with van der Waals surface area (Å²) in [4.78, 5) is 16.8. The Bertz CT molecular complexity index is 1410. The van der Waals surface area contributed by atoms with E-state index in [0.29, 0.717) is 17.9 Å². The number of nitrogens with zero attached hydrogens (tertiary/aromatic N) is 4. The van der Waals surface area contributed by atoms with Gasteiger partial charge in [-0.25, -0.2) is 4.79 Å². The summed E-state index contributed by atoms with van der Waals surface area (Å²) < 4.78 is 13.2. The van der Waals surface area contributed by atoms with Crippen LogP contribution < -0.4 is 0 Å². The normalized spacial score (nSPS) is 11.1. The van der Waals surface area contributed by atoms with Gasteiger partial charge in [0.15, 0.2) is 11.0 Å². The van der Waals surface area contributed by atoms with Crippen LogP contribution in [-0.4, -0.2) is 32.3 Å². The van der Waals surface area contributed by atoms with Crippen LogP contribution in [0.1, 0.15) is 28.6 Å². The molecular weight excluding hydrogens is 448 g/mol. The third kappa shape index (κ3) is 4.45. The standard InChI is InChI=1S/C26H22N4O3S/c1-2-32-25(31)23-21(20-12-6-7-13-22(20)33-23)17-34-26-29-28-24(19-11-8-14-27-15-19)30(26)16-18-9-4-3-5-10-18/h3-15H,2,16-17H2,1H3. The van der Waals surface area contributed by atoms with Crippen LogP contribution in [0.2, 0.25) is 0 Å². The molecule has 0 aliphatic heterocycles. The fourth-order valence-electron chi connectivity index (χ4n) is 3.75. The van der Waals surface area contributed by atoms with E-state index in [4.69, 9.17) is 9.15 Å². The molecule has 0 radical (unpaired) electrons. The van der Waals surface area contributed by atoms with Crippen LogP contribution in [0.25, 0.3) is 22.4 Å². The van der Waals surface area contributed by atoms with Crippen molar-refractivity contribution in [3.63, 3.8) is 0 Å². The van der Waals surface area contributed by atoms with Crippen LogP contribution in [0.3, 0.4) is 0 Å². The maximum Gasteiger partial charge on any atom is 0.374 e. The SMILES string of the molecule is CCOC(=O)c1oc2ccccc2c1CSc1nnc(-c2cccnc2)n1Cc1ccccc1. The van der Waals surface area contributed by atoms with Gasteiger partial charge in [0.25, 0.3) is 0 Å². The highest BCUT2D eigenvalue weighted by molar-refractivity contribution is 7.98. The fourth-order valence-corrected chi connectivity index (χ4v) is 4.72. The number of benzene rings is 2. The van der Waals surface area contributed by atoms with E-state index in [1.165, 1.54) is 11.8 Å². The Hall–Kier alpha value is -3.91. The molecule has 5 rings (SSSR count). The van der Waals surface area contributed by atoms with E-state index in [-0.39, 0.29) is 12.4 Å². The predicted molar refractivity (Wildman–Crippen MR) is 131 cm³/mol. The van der Waals surface area contributed by atoms with Gasteiger partial charge in [-0.3, -0.25) is 9.55 Å². The van der Waals surface area contributed by atoms with Gasteiger partial charge in [-0.2, -0.15) is 0 Å². The maximum atomic E-state index is 12.6. The molecule has 170 valence electrons. The summed E-state index contributed by atoms with van der Waals surface area (Å²) >= 11 is 1.51. The molecule has 0 aliphatic rings. The van der Waals surface area contributed by atoms with Gasteiger partial charge < -0.3 is 9.15 Å². The van der Waals surface area contributed by atoms with Gasteiger partial charge >= 0.3 is 5.97 Å². The van der Waals surface area contributed by atoms with Crippen molar-refractivity contribution in [2.24, 2.45) is 0 Å². The van der Waals surface area contributed by atoms with Crippen molar-refractivity contribution in [2.45, 2.75) is 24.4 Å². The molecule has 0 amide bonds. The van der Waals surface area contributed by atoms with Crippen LogP contribution in [0.15, 0.2) is 88.7 Å². The molecule has 7 nitrogen and oxygen atoms in total. The predicted octanol–water partition coefficient (Wildman–Crippen LogP) is 5.60. The number of aromatic nitrogens is 4. The highest BCUT2D eigenvalue weighted by atomic mass is 32.2. The van der Waals surface area contributed by atoms with Gasteiger partial charge in [-0.05, 0) is 30.7 Å². The van der Waals surface area contributed by atoms with Crippen LogP contribution >= 0.6 is 11.8 Å². The van der Waals surface area contributed by atoms with E-state index in [9.17, 15) is 4.79 Å². The van der Waals surface area contributed by atoms with Gasteiger partial charge in [0.05, 0.1) is 13.2 Å². The lowest BCUT2D eigenvalue weighted by atomic mass is 10.1. The van der Waals surface area contributed by atoms with Crippen molar-refractivity contribution >= 4 is 28.7 Å². The highest BCUT2D eigenvalue weighted by Gasteiger charge is 2.23. The molecule has 0 saturated heterocycles. The molecule has 0 fully saturated rings. The van der Waals surface area contributed by atoms with E-state index in [0.717, 1.165) is 33.1 Å². The molecule has 0 aliphatic carbocycles. The lowest BCUT2D eigenvalue weighted by Crippen LogP contribution is -2.06. The first-order chi connectivity index (χ1) is 16.7. The molecule has 5 aromatic rings. The number of para-hydroxylation sites is 1. The Kier molecular flexibility index (Phi) is 6.40. The number of furan rings is 1. The molecule has 3 heterocycles. The average molecular weight is 471 g/mol. The molecule has 3 aromatic heterocycles. The van der Waals surface area contributed by atoms with E-state index in [1.807, 2.05) is 54.6 Å². The Morgan fingerprint density at radius 3 is 2.65 bits per heavy atom. The van der Waals surface area contributed by atoms with E-state index < -0.39 is 5.97 Å². The summed E-state index contributed by atoms with van der Waals surface area (Å²) in [6, 6.07) is 21.6. The van der Waals surface area contributed by atoms with Gasteiger partial charge in [-0.1, -0.05) is 60.3 Å². The minimum absolute atomic E-state index is 0.233. The zero-order valence-corrected chi connectivity index (χ0v) is 19.4. The number of pyridine rings is 1. The van der Waals surface area contributed by atoms with Crippen LogP contribution in [0.4, 0.5) is 0 Å². The van der Waals surface area contributed by atoms with Crippen molar-refractivity contribution in [3.8, 4) is 11.4 Å². The lowest BCUT2D eigenvalue weighted by Gasteiger charge is -2.10. The first-order valence-corrected chi connectivity index (χ1v) is 11.9. The monoisotopic (exact) mass is 470 g/mol. The minimum atomic E-state index is -0.462. The molecular formula is C26H22N4O3S. The average Bonchev–Trinajstić information content (AvgIpc) is 3.45. The van der Waals surface area contributed by atoms with Gasteiger partial charge in [-0.15, -0.1) is 10.2 Å². The number of fused-ring (bicyclic) bond motifs is 1. The molecule has 0 N–H and O–H groups in total. The topological polar surface area (TPSA) is 83.0 Å². The summed E-state index contributed by atoms with van der Waals surface area (Å²) in [7, 11) is 0.